The molecule has 0 unspecified atom stereocenters. The van der Waals surface area contributed by atoms with Crippen molar-refractivity contribution < 1.29 is 14.4 Å². The van der Waals surface area contributed by atoms with E-state index < -0.39 is 6.03 Å². The Morgan fingerprint density at radius 3 is 2.40 bits per heavy atom. The van der Waals surface area contributed by atoms with Crippen LogP contribution in [0.25, 0.3) is 0 Å². The fourth-order valence-electron chi connectivity index (χ4n) is 2.86. The molecule has 0 atom stereocenters. The molecule has 1 saturated heterocycles. The summed E-state index contributed by atoms with van der Waals surface area (Å²) in [5, 5.41) is 7.79. The van der Waals surface area contributed by atoms with E-state index in [0.29, 0.717) is 26.2 Å². The summed E-state index contributed by atoms with van der Waals surface area (Å²) in [5.41, 5.74) is 1.08. The molecule has 4 amide bonds. The van der Waals surface area contributed by atoms with Crippen LogP contribution in [-0.2, 0) is 16.1 Å². The quantitative estimate of drug-likeness (QED) is 0.713. The summed E-state index contributed by atoms with van der Waals surface area (Å²) >= 11 is 0. The van der Waals surface area contributed by atoms with Crippen molar-refractivity contribution in [2.75, 3.05) is 26.2 Å². The third-order valence-electron chi connectivity index (χ3n) is 4.23. The average molecular weight is 346 g/mol. The number of amides is 4. The first kappa shape index (κ1) is 18.9. The third-order valence-corrected chi connectivity index (χ3v) is 4.23. The largest absolute Gasteiger partial charge is 0.352 e. The van der Waals surface area contributed by atoms with E-state index in [1.54, 1.807) is 6.92 Å². The molecule has 7 nitrogen and oxygen atoms in total. The standard InChI is InChI=1S/C18H26N4O3/c1-2-19-18(25)21-16(23)13-22-10-8-15(9-11-22)17(24)20-12-14-6-4-3-5-7-14/h3-7,15H,2,8-13H2,1H3,(H,20,24)(H2,19,21,23,25). The van der Waals surface area contributed by atoms with E-state index in [1.165, 1.54) is 0 Å². The predicted molar refractivity (Wildman–Crippen MR) is 94.7 cm³/mol. The molecule has 1 aliphatic rings. The third kappa shape index (κ3) is 6.54. The van der Waals surface area contributed by atoms with Crippen molar-refractivity contribution >= 4 is 17.8 Å². The highest BCUT2D eigenvalue weighted by Gasteiger charge is 2.25. The van der Waals surface area contributed by atoms with Crippen molar-refractivity contribution in [3.8, 4) is 0 Å². The number of carbonyl (C=O) groups excluding carboxylic acids is 3. The zero-order valence-corrected chi connectivity index (χ0v) is 14.6. The number of nitrogens with one attached hydrogen (secondary N) is 3. The van der Waals surface area contributed by atoms with Gasteiger partial charge in [-0.25, -0.2) is 4.79 Å². The van der Waals surface area contributed by atoms with Crippen LogP contribution in [0.2, 0.25) is 0 Å². The lowest BCUT2D eigenvalue weighted by atomic mass is 9.96. The summed E-state index contributed by atoms with van der Waals surface area (Å²) < 4.78 is 0. The van der Waals surface area contributed by atoms with Gasteiger partial charge in [0.15, 0.2) is 0 Å². The SMILES string of the molecule is CCNC(=O)NC(=O)CN1CCC(C(=O)NCc2ccccc2)CC1. The number of carbonyl (C=O) groups is 3. The van der Waals surface area contributed by atoms with Crippen LogP contribution in [0.4, 0.5) is 4.79 Å². The maximum atomic E-state index is 12.3. The molecule has 2 rings (SSSR count). The first-order valence-electron chi connectivity index (χ1n) is 8.70. The lowest BCUT2D eigenvalue weighted by molar-refractivity contribution is -0.126. The fourth-order valence-corrected chi connectivity index (χ4v) is 2.86. The first-order chi connectivity index (χ1) is 12.1. The van der Waals surface area contributed by atoms with Gasteiger partial charge in [-0.05, 0) is 38.4 Å². The normalized spacial score (nSPS) is 15.4. The molecule has 1 heterocycles. The highest BCUT2D eigenvalue weighted by molar-refractivity contribution is 5.95. The molecule has 0 spiro atoms. The number of benzene rings is 1. The van der Waals surface area contributed by atoms with E-state index in [1.807, 2.05) is 35.2 Å². The number of hydrogen-bond donors (Lipinski definition) is 3. The minimum Gasteiger partial charge on any atom is -0.352 e. The summed E-state index contributed by atoms with van der Waals surface area (Å²) in [6, 6.07) is 9.34. The molecule has 0 saturated carbocycles. The van der Waals surface area contributed by atoms with Gasteiger partial charge in [0.2, 0.25) is 11.8 Å². The van der Waals surface area contributed by atoms with Gasteiger partial charge in [0.05, 0.1) is 6.54 Å². The van der Waals surface area contributed by atoms with Crippen LogP contribution >= 0.6 is 0 Å². The minimum atomic E-state index is -0.470. The Hall–Kier alpha value is -2.41. The number of urea groups is 1. The summed E-state index contributed by atoms with van der Waals surface area (Å²) in [5.74, 6) is -0.278. The lowest BCUT2D eigenvalue weighted by Gasteiger charge is -2.30. The summed E-state index contributed by atoms with van der Waals surface area (Å²) in [7, 11) is 0. The molecule has 0 bridgehead atoms. The molecule has 0 radical (unpaired) electrons. The van der Waals surface area contributed by atoms with Crippen molar-refractivity contribution in [1.82, 2.24) is 20.9 Å². The Morgan fingerprint density at radius 1 is 1.08 bits per heavy atom. The van der Waals surface area contributed by atoms with Gasteiger partial charge in [-0.3, -0.25) is 19.8 Å². The predicted octanol–water partition coefficient (Wildman–Crippen LogP) is 0.861. The van der Waals surface area contributed by atoms with Gasteiger partial charge in [-0.1, -0.05) is 30.3 Å². The highest BCUT2D eigenvalue weighted by Crippen LogP contribution is 2.17. The molecule has 1 aromatic rings. The van der Waals surface area contributed by atoms with Gasteiger partial charge < -0.3 is 10.6 Å². The summed E-state index contributed by atoms with van der Waals surface area (Å²) in [4.78, 5) is 37.3. The van der Waals surface area contributed by atoms with Crippen LogP contribution in [0, 0.1) is 5.92 Å². The van der Waals surface area contributed by atoms with Gasteiger partial charge in [0.1, 0.15) is 0 Å². The molecule has 7 heteroatoms. The van der Waals surface area contributed by atoms with Crippen molar-refractivity contribution in [2.24, 2.45) is 5.92 Å². The summed E-state index contributed by atoms with van der Waals surface area (Å²) in [6.07, 6.45) is 1.43. The topological polar surface area (TPSA) is 90.5 Å². The summed E-state index contributed by atoms with van der Waals surface area (Å²) in [6.45, 7) is 4.32. The monoisotopic (exact) mass is 346 g/mol. The van der Waals surface area contributed by atoms with Crippen LogP contribution < -0.4 is 16.0 Å². The smallest absolute Gasteiger partial charge is 0.321 e. The Kier molecular flexibility index (Phi) is 7.40. The second kappa shape index (κ2) is 9.78. The Labute approximate surface area is 148 Å². The number of hydrogen-bond acceptors (Lipinski definition) is 4. The van der Waals surface area contributed by atoms with E-state index >= 15 is 0 Å². The Morgan fingerprint density at radius 2 is 1.76 bits per heavy atom. The zero-order valence-electron chi connectivity index (χ0n) is 14.6. The van der Waals surface area contributed by atoms with Gasteiger partial charge in [-0.2, -0.15) is 0 Å². The molecule has 1 fully saturated rings. The van der Waals surface area contributed by atoms with Crippen LogP contribution in [0.1, 0.15) is 25.3 Å². The average Bonchev–Trinajstić information content (AvgIpc) is 2.61. The molecule has 0 aromatic heterocycles. The van der Waals surface area contributed by atoms with Gasteiger partial charge >= 0.3 is 6.03 Å². The number of rotatable bonds is 6. The molecule has 1 aliphatic heterocycles. The van der Waals surface area contributed by atoms with Gasteiger partial charge in [0, 0.05) is 19.0 Å². The highest BCUT2D eigenvalue weighted by atomic mass is 16.2. The second-order valence-electron chi connectivity index (χ2n) is 6.16. The van der Waals surface area contributed by atoms with Crippen LogP contribution in [0.15, 0.2) is 30.3 Å². The number of nitrogens with zero attached hydrogens (tertiary/aromatic N) is 1. The van der Waals surface area contributed by atoms with E-state index in [2.05, 4.69) is 16.0 Å². The number of piperidine rings is 1. The lowest BCUT2D eigenvalue weighted by Crippen LogP contribution is -2.47. The van der Waals surface area contributed by atoms with Crippen LogP contribution in [0.5, 0.6) is 0 Å². The Balaban J connectivity index is 1.67. The van der Waals surface area contributed by atoms with E-state index in [0.717, 1.165) is 18.4 Å². The van der Waals surface area contributed by atoms with Crippen molar-refractivity contribution in [1.29, 1.82) is 0 Å². The minimum absolute atomic E-state index is 0.0218. The molecule has 25 heavy (non-hydrogen) atoms. The first-order valence-corrected chi connectivity index (χ1v) is 8.70. The maximum Gasteiger partial charge on any atom is 0.321 e. The number of likely N-dealkylation sites (tertiary alicyclic amines) is 1. The molecule has 0 aliphatic carbocycles. The van der Waals surface area contributed by atoms with Crippen molar-refractivity contribution in [3.63, 3.8) is 0 Å². The van der Waals surface area contributed by atoms with Crippen LogP contribution in [0.3, 0.4) is 0 Å². The fraction of sp³-hybridized carbons (Fsp3) is 0.500. The van der Waals surface area contributed by atoms with E-state index in [-0.39, 0.29) is 24.3 Å². The van der Waals surface area contributed by atoms with Crippen molar-refractivity contribution in [3.05, 3.63) is 35.9 Å². The molecule has 1 aromatic carbocycles. The van der Waals surface area contributed by atoms with Crippen molar-refractivity contribution in [2.45, 2.75) is 26.3 Å². The molecule has 136 valence electrons. The van der Waals surface area contributed by atoms with Gasteiger partial charge in [0.25, 0.3) is 0 Å². The van der Waals surface area contributed by atoms with Gasteiger partial charge in [-0.15, -0.1) is 0 Å². The number of imide groups is 1. The maximum absolute atomic E-state index is 12.3. The molecular formula is C18H26N4O3. The van der Waals surface area contributed by atoms with E-state index in [4.69, 9.17) is 0 Å². The zero-order chi connectivity index (χ0) is 18.1. The molecule has 3 N–H and O–H groups in total. The van der Waals surface area contributed by atoms with Crippen LogP contribution in [-0.4, -0.2) is 48.9 Å². The Bertz CT molecular complexity index is 583. The van der Waals surface area contributed by atoms with E-state index in [9.17, 15) is 14.4 Å². The second-order valence-corrected chi connectivity index (χ2v) is 6.16. The molecular weight excluding hydrogens is 320 g/mol.